The number of imidazole rings is 1. The number of hydrogen-bond acceptors (Lipinski definition) is 8. The molecule has 4 N–H and O–H groups in total. The van der Waals surface area contributed by atoms with Gasteiger partial charge in [-0.05, 0) is 25.5 Å². The topological polar surface area (TPSA) is 154 Å². The lowest BCUT2D eigenvalue weighted by atomic mass is 10.1. The maximum Gasteiger partial charge on any atom is 0.459 e. The number of nitrogen functional groups attached to an aromatic ring is 1. The number of benzene rings is 1. The summed E-state index contributed by atoms with van der Waals surface area (Å²) in [6.07, 6.45) is 6.02. The van der Waals surface area contributed by atoms with Crippen molar-refractivity contribution in [3.05, 3.63) is 52.9 Å². The van der Waals surface area contributed by atoms with E-state index >= 15 is 0 Å². The number of nitrogens with zero attached hydrogens (tertiary/aromatic N) is 4. The Morgan fingerprint density at radius 1 is 1.35 bits per heavy atom. The van der Waals surface area contributed by atoms with Gasteiger partial charge in [-0.3, -0.25) is 9.32 Å². The molecule has 1 aliphatic carbocycles. The van der Waals surface area contributed by atoms with Gasteiger partial charge in [-0.1, -0.05) is 47.5 Å². The molecule has 0 amide bonds. The van der Waals surface area contributed by atoms with E-state index in [-0.39, 0.29) is 40.4 Å². The summed E-state index contributed by atoms with van der Waals surface area (Å²) < 4.78 is 26.4. The third kappa shape index (κ3) is 5.34. The molecule has 0 fully saturated rings. The number of carbonyl (C=O) groups is 1. The number of allylic oxidation sites excluding steroid dienone is 1. The Kier molecular flexibility index (Phi) is 7.11. The minimum absolute atomic E-state index is 0.00141. The maximum atomic E-state index is 13.4. The SMILES string of the molecule is CC(NP(=O)(OC[C@@H]1C=C[C@H](n2cnc3c(Cl)nc(N)nc32)C1)Oc1ccccc1Cl)C(=O)O. The lowest BCUT2D eigenvalue weighted by molar-refractivity contribution is -0.138. The first-order valence-electron chi connectivity index (χ1n) is 10.2. The Balaban J connectivity index is 1.47. The fourth-order valence-corrected chi connectivity index (χ4v) is 5.47. The average molecular weight is 527 g/mol. The van der Waals surface area contributed by atoms with Crippen LogP contribution in [-0.4, -0.2) is 43.2 Å². The quantitative estimate of drug-likeness (QED) is 0.211. The van der Waals surface area contributed by atoms with Gasteiger partial charge in [0.05, 0.1) is 24.0 Å². The van der Waals surface area contributed by atoms with Crippen LogP contribution in [0.15, 0.2) is 42.7 Å². The van der Waals surface area contributed by atoms with Crippen LogP contribution in [0.4, 0.5) is 5.95 Å². The largest absolute Gasteiger partial charge is 0.480 e. The summed E-state index contributed by atoms with van der Waals surface area (Å²) >= 11 is 12.2. The van der Waals surface area contributed by atoms with Crippen molar-refractivity contribution in [3.63, 3.8) is 0 Å². The van der Waals surface area contributed by atoms with Gasteiger partial charge in [0.1, 0.15) is 17.3 Å². The third-order valence-electron chi connectivity index (χ3n) is 5.14. The van der Waals surface area contributed by atoms with Crippen molar-refractivity contribution in [1.29, 1.82) is 0 Å². The number of nitrogens with two attached hydrogens (primary N) is 1. The highest BCUT2D eigenvalue weighted by Crippen LogP contribution is 2.47. The number of aromatic nitrogens is 4. The molecule has 11 nitrogen and oxygen atoms in total. The predicted molar refractivity (Wildman–Crippen MR) is 127 cm³/mol. The van der Waals surface area contributed by atoms with Crippen LogP contribution in [0.25, 0.3) is 11.2 Å². The van der Waals surface area contributed by atoms with Gasteiger partial charge in [0.15, 0.2) is 10.8 Å². The second-order valence-corrected chi connectivity index (χ2v) is 10.1. The highest BCUT2D eigenvalue weighted by molar-refractivity contribution is 7.52. The average Bonchev–Trinajstić information content (AvgIpc) is 3.41. The van der Waals surface area contributed by atoms with Gasteiger partial charge in [0.2, 0.25) is 5.95 Å². The number of fused-ring (bicyclic) bond motifs is 1. The Labute approximate surface area is 204 Å². The molecule has 0 saturated heterocycles. The fraction of sp³-hybridized carbons (Fsp3) is 0.300. The lowest BCUT2D eigenvalue weighted by Gasteiger charge is -2.23. The molecule has 2 heterocycles. The molecule has 2 aromatic heterocycles. The minimum Gasteiger partial charge on any atom is -0.480 e. The molecular formula is C20H21Cl2N6O5P. The molecule has 2 unspecified atom stereocenters. The first-order valence-corrected chi connectivity index (χ1v) is 12.5. The molecular weight excluding hydrogens is 506 g/mol. The van der Waals surface area contributed by atoms with Crippen LogP contribution < -0.4 is 15.3 Å². The number of aliphatic carboxylic acids is 1. The van der Waals surface area contributed by atoms with Gasteiger partial charge in [0.25, 0.3) is 0 Å². The van der Waals surface area contributed by atoms with Crippen LogP contribution in [0.5, 0.6) is 5.75 Å². The Hall–Kier alpha value is -2.69. The zero-order valence-electron chi connectivity index (χ0n) is 17.8. The lowest BCUT2D eigenvalue weighted by Crippen LogP contribution is -2.33. The van der Waals surface area contributed by atoms with Crippen molar-refractivity contribution in [2.45, 2.75) is 25.4 Å². The van der Waals surface area contributed by atoms with E-state index < -0.39 is 19.8 Å². The molecule has 0 radical (unpaired) electrons. The number of hydrogen-bond donors (Lipinski definition) is 3. The molecule has 180 valence electrons. The van der Waals surface area contributed by atoms with E-state index in [0.717, 1.165) is 0 Å². The van der Waals surface area contributed by atoms with Gasteiger partial charge >= 0.3 is 13.7 Å². The van der Waals surface area contributed by atoms with Gasteiger partial charge in [-0.15, -0.1) is 0 Å². The monoisotopic (exact) mass is 526 g/mol. The van der Waals surface area contributed by atoms with E-state index in [2.05, 4.69) is 20.0 Å². The van der Waals surface area contributed by atoms with Gasteiger partial charge < -0.3 is 19.9 Å². The summed E-state index contributed by atoms with van der Waals surface area (Å²) in [6.45, 7) is 1.33. The van der Waals surface area contributed by atoms with Gasteiger partial charge in [-0.25, -0.2) is 9.55 Å². The maximum absolute atomic E-state index is 13.4. The smallest absolute Gasteiger partial charge is 0.459 e. The number of anilines is 1. The molecule has 14 heteroatoms. The van der Waals surface area contributed by atoms with Crippen molar-refractivity contribution in [3.8, 4) is 5.75 Å². The number of halogens is 2. The third-order valence-corrected chi connectivity index (χ3v) is 7.34. The summed E-state index contributed by atoms with van der Waals surface area (Å²) in [5.74, 6) is -1.21. The molecule has 4 rings (SSSR count). The second-order valence-electron chi connectivity index (χ2n) is 7.65. The standard InChI is InChI=1S/C20H21Cl2N6O5P/c1-11(19(29)30)27-34(31,33-15-5-3-2-4-14(15)21)32-9-12-6-7-13(8-12)28-10-24-16-17(22)25-20(23)26-18(16)28/h2-7,10-13H,8-9H2,1H3,(H,27,31)(H,29,30)(H2,23,25,26)/t11?,12-,13+,34?/m1/s1. The van der Waals surface area contributed by atoms with Crippen molar-refractivity contribution in [2.24, 2.45) is 5.92 Å². The molecule has 3 aromatic rings. The van der Waals surface area contributed by atoms with Crippen LogP contribution in [0.3, 0.4) is 0 Å². The van der Waals surface area contributed by atoms with Crippen LogP contribution in [0.2, 0.25) is 10.2 Å². The second kappa shape index (κ2) is 9.89. The molecule has 4 atom stereocenters. The number of carboxylic acid groups (broad SMARTS) is 1. The van der Waals surface area contributed by atoms with E-state index in [0.29, 0.717) is 17.6 Å². The molecule has 0 saturated carbocycles. The number of carboxylic acids is 1. The van der Waals surface area contributed by atoms with E-state index in [1.165, 1.54) is 13.0 Å². The minimum atomic E-state index is -4.09. The summed E-state index contributed by atoms with van der Waals surface area (Å²) in [7, 11) is -4.09. The molecule has 1 aromatic carbocycles. The van der Waals surface area contributed by atoms with E-state index in [9.17, 15) is 14.5 Å². The van der Waals surface area contributed by atoms with Gasteiger partial charge in [-0.2, -0.15) is 15.1 Å². The van der Waals surface area contributed by atoms with Crippen LogP contribution in [-0.2, 0) is 13.9 Å². The van der Waals surface area contributed by atoms with Crippen LogP contribution in [0.1, 0.15) is 19.4 Å². The first kappa shape index (κ1) is 24.4. The van der Waals surface area contributed by atoms with Crippen LogP contribution in [0, 0.1) is 5.92 Å². The summed E-state index contributed by atoms with van der Waals surface area (Å²) in [4.78, 5) is 23.7. The normalized spacial score (nSPS) is 20.3. The molecule has 34 heavy (non-hydrogen) atoms. The molecule has 0 bridgehead atoms. The number of para-hydroxylation sites is 1. The van der Waals surface area contributed by atoms with E-state index in [4.69, 9.17) is 38.0 Å². The Morgan fingerprint density at radius 3 is 2.85 bits per heavy atom. The molecule has 0 aliphatic heterocycles. The Bertz CT molecular complexity index is 1300. The zero-order valence-corrected chi connectivity index (χ0v) is 20.2. The van der Waals surface area contributed by atoms with Gasteiger partial charge in [0, 0.05) is 5.92 Å². The highest BCUT2D eigenvalue weighted by Gasteiger charge is 2.34. The highest BCUT2D eigenvalue weighted by atomic mass is 35.5. The van der Waals surface area contributed by atoms with Crippen molar-refractivity contribution < 1.29 is 23.5 Å². The van der Waals surface area contributed by atoms with Crippen molar-refractivity contribution >= 4 is 54.0 Å². The van der Waals surface area contributed by atoms with Crippen molar-refractivity contribution in [2.75, 3.05) is 12.3 Å². The Morgan fingerprint density at radius 2 is 2.12 bits per heavy atom. The summed E-state index contributed by atoms with van der Waals surface area (Å²) in [5, 5.41) is 12.1. The zero-order chi connectivity index (χ0) is 24.5. The van der Waals surface area contributed by atoms with E-state index in [1.807, 2.05) is 16.7 Å². The van der Waals surface area contributed by atoms with Crippen LogP contribution >= 0.6 is 30.9 Å². The predicted octanol–water partition coefficient (Wildman–Crippen LogP) is 4.10. The summed E-state index contributed by atoms with van der Waals surface area (Å²) in [5.41, 5.74) is 6.66. The number of nitrogens with one attached hydrogen (secondary N) is 1. The van der Waals surface area contributed by atoms with Crippen molar-refractivity contribution in [1.82, 2.24) is 24.6 Å². The number of rotatable bonds is 9. The molecule has 1 aliphatic rings. The summed E-state index contributed by atoms with van der Waals surface area (Å²) in [6, 6.07) is 5.09. The molecule has 0 spiro atoms. The first-order chi connectivity index (χ1) is 16.1. The fourth-order valence-electron chi connectivity index (χ4n) is 3.45. The van der Waals surface area contributed by atoms with E-state index in [1.54, 1.807) is 24.5 Å².